The van der Waals surface area contributed by atoms with E-state index in [4.69, 9.17) is 9.52 Å². The minimum absolute atomic E-state index is 0.183. The lowest BCUT2D eigenvalue weighted by molar-refractivity contribution is -0.140. The summed E-state index contributed by atoms with van der Waals surface area (Å²) in [4.78, 5) is 21.9. The summed E-state index contributed by atoms with van der Waals surface area (Å²) in [7, 11) is 1.29. The zero-order valence-corrected chi connectivity index (χ0v) is 10.5. The standard InChI is InChI=1S/C11H14O5S/c1-7(10(12)13)5-17-6-8-3-4-16-9(8)11(14)15-2/h3-4,7H,5-6H2,1-2H3,(H,12,13). The van der Waals surface area contributed by atoms with Crippen molar-refractivity contribution in [2.75, 3.05) is 12.9 Å². The van der Waals surface area contributed by atoms with Crippen LogP contribution in [-0.2, 0) is 15.3 Å². The van der Waals surface area contributed by atoms with Gasteiger partial charge in [0, 0.05) is 17.1 Å². The molecule has 17 heavy (non-hydrogen) atoms. The van der Waals surface area contributed by atoms with Crippen LogP contribution >= 0.6 is 11.8 Å². The van der Waals surface area contributed by atoms with Crippen LogP contribution in [0.4, 0.5) is 0 Å². The number of aliphatic carboxylic acids is 1. The van der Waals surface area contributed by atoms with Gasteiger partial charge in [0.2, 0.25) is 5.76 Å². The summed E-state index contributed by atoms with van der Waals surface area (Å²) in [6.07, 6.45) is 1.42. The maximum Gasteiger partial charge on any atom is 0.374 e. The summed E-state index contributed by atoms with van der Waals surface area (Å²) < 4.78 is 9.58. The zero-order valence-electron chi connectivity index (χ0n) is 9.63. The third-order valence-corrected chi connectivity index (χ3v) is 3.42. The van der Waals surface area contributed by atoms with Crippen molar-refractivity contribution in [2.45, 2.75) is 12.7 Å². The Balaban J connectivity index is 2.50. The monoisotopic (exact) mass is 258 g/mol. The topological polar surface area (TPSA) is 76.7 Å². The molecule has 0 saturated heterocycles. The van der Waals surface area contributed by atoms with E-state index >= 15 is 0 Å². The van der Waals surface area contributed by atoms with Crippen molar-refractivity contribution in [3.63, 3.8) is 0 Å². The van der Waals surface area contributed by atoms with Crippen molar-refractivity contribution in [3.05, 3.63) is 23.7 Å². The van der Waals surface area contributed by atoms with E-state index in [1.165, 1.54) is 25.1 Å². The van der Waals surface area contributed by atoms with E-state index in [0.29, 0.717) is 11.5 Å². The predicted octanol–water partition coefficient (Wildman–Crippen LogP) is 2.02. The first-order chi connectivity index (χ1) is 8.06. The molecule has 0 aliphatic carbocycles. The summed E-state index contributed by atoms with van der Waals surface area (Å²) >= 11 is 1.44. The summed E-state index contributed by atoms with van der Waals surface area (Å²) in [5.74, 6) is -0.550. The fraction of sp³-hybridized carbons (Fsp3) is 0.455. The van der Waals surface area contributed by atoms with Crippen LogP contribution in [0.15, 0.2) is 16.7 Å². The average Bonchev–Trinajstić information content (AvgIpc) is 2.76. The molecule has 0 radical (unpaired) electrons. The van der Waals surface area contributed by atoms with E-state index in [1.807, 2.05) is 0 Å². The molecule has 1 rings (SSSR count). The van der Waals surface area contributed by atoms with Crippen LogP contribution in [0.2, 0.25) is 0 Å². The second-order valence-corrected chi connectivity index (χ2v) is 4.55. The first-order valence-electron chi connectivity index (χ1n) is 5.01. The van der Waals surface area contributed by atoms with Gasteiger partial charge in [-0.05, 0) is 6.07 Å². The van der Waals surface area contributed by atoms with Crippen molar-refractivity contribution < 1.29 is 23.8 Å². The van der Waals surface area contributed by atoms with Gasteiger partial charge in [0.25, 0.3) is 0 Å². The molecule has 1 aromatic heterocycles. The van der Waals surface area contributed by atoms with E-state index in [9.17, 15) is 9.59 Å². The van der Waals surface area contributed by atoms with E-state index in [-0.39, 0.29) is 5.76 Å². The van der Waals surface area contributed by atoms with Gasteiger partial charge in [0.05, 0.1) is 19.3 Å². The molecular weight excluding hydrogens is 244 g/mol. The largest absolute Gasteiger partial charge is 0.481 e. The molecule has 1 atom stereocenters. The van der Waals surface area contributed by atoms with E-state index in [1.54, 1.807) is 13.0 Å². The Kier molecular flexibility index (Phi) is 5.09. The summed E-state index contributed by atoms with van der Waals surface area (Å²) in [6.45, 7) is 1.64. The number of carboxylic acids is 1. The number of methoxy groups -OCH3 is 1. The van der Waals surface area contributed by atoms with Gasteiger partial charge in [-0.15, -0.1) is 0 Å². The first-order valence-corrected chi connectivity index (χ1v) is 6.17. The van der Waals surface area contributed by atoms with Crippen molar-refractivity contribution in [2.24, 2.45) is 5.92 Å². The molecule has 5 nitrogen and oxygen atoms in total. The Labute approximate surface area is 103 Å². The zero-order chi connectivity index (χ0) is 12.8. The number of hydrogen-bond acceptors (Lipinski definition) is 5. The molecule has 1 unspecified atom stereocenters. The van der Waals surface area contributed by atoms with Gasteiger partial charge in [0.15, 0.2) is 0 Å². The number of carbonyl (C=O) groups is 2. The van der Waals surface area contributed by atoms with Crippen LogP contribution in [0.25, 0.3) is 0 Å². The number of ether oxygens (including phenoxy) is 1. The highest BCUT2D eigenvalue weighted by Crippen LogP contribution is 2.20. The number of esters is 1. The smallest absolute Gasteiger partial charge is 0.374 e. The SMILES string of the molecule is COC(=O)c1occc1CSCC(C)C(=O)O. The lowest BCUT2D eigenvalue weighted by Crippen LogP contribution is -2.12. The van der Waals surface area contributed by atoms with Crippen molar-refractivity contribution >= 4 is 23.7 Å². The van der Waals surface area contributed by atoms with Gasteiger partial charge in [0.1, 0.15) is 0 Å². The number of rotatable bonds is 6. The van der Waals surface area contributed by atoms with Gasteiger partial charge >= 0.3 is 11.9 Å². The predicted molar refractivity (Wildman–Crippen MR) is 63.0 cm³/mol. The third kappa shape index (κ3) is 3.81. The molecular formula is C11H14O5S. The molecule has 0 bridgehead atoms. The third-order valence-electron chi connectivity index (χ3n) is 2.16. The number of carboxylic acid groups (broad SMARTS) is 1. The summed E-state index contributed by atoms with van der Waals surface area (Å²) in [5.41, 5.74) is 0.722. The number of furan rings is 1. The van der Waals surface area contributed by atoms with Gasteiger partial charge in [-0.3, -0.25) is 4.79 Å². The number of hydrogen-bond donors (Lipinski definition) is 1. The Bertz CT molecular complexity index is 398. The van der Waals surface area contributed by atoms with Crippen molar-refractivity contribution in [1.29, 1.82) is 0 Å². The first kappa shape index (κ1) is 13.6. The fourth-order valence-corrected chi connectivity index (χ4v) is 2.20. The Morgan fingerprint density at radius 1 is 1.59 bits per heavy atom. The molecule has 0 amide bonds. The molecule has 1 aromatic rings. The molecule has 0 spiro atoms. The molecule has 0 aliphatic rings. The van der Waals surface area contributed by atoms with Gasteiger partial charge in [-0.1, -0.05) is 6.92 Å². The Morgan fingerprint density at radius 2 is 2.29 bits per heavy atom. The highest BCUT2D eigenvalue weighted by Gasteiger charge is 2.16. The second kappa shape index (κ2) is 6.34. The quantitative estimate of drug-likeness (QED) is 0.787. The van der Waals surface area contributed by atoms with Crippen LogP contribution in [0.1, 0.15) is 23.0 Å². The summed E-state index contributed by atoms with van der Waals surface area (Å²) in [5, 5.41) is 8.71. The summed E-state index contributed by atoms with van der Waals surface area (Å²) in [6, 6.07) is 1.69. The van der Waals surface area contributed by atoms with E-state index in [2.05, 4.69) is 4.74 Å². The lowest BCUT2D eigenvalue weighted by atomic mass is 10.2. The maximum absolute atomic E-state index is 11.3. The van der Waals surface area contributed by atoms with E-state index in [0.717, 1.165) is 5.56 Å². The van der Waals surface area contributed by atoms with Gasteiger partial charge in [-0.25, -0.2) is 4.79 Å². The number of carbonyl (C=O) groups excluding carboxylic acids is 1. The van der Waals surface area contributed by atoms with Crippen LogP contribution in [-0.4, -0.2) is 29.9 Å². The minimum atomic E-state index is -0.821. The highest BCUT2D eigenvalue weighted by molar-refractivity contribution is 7.98. The normalized spacial score (nSPS) is 12.1. The number of thioether (sulfide) groups is 1. The van der Waals surface area contributed by atoms with E-state index < -0.39 is 17.9 Å². The molecule has 0 aromatic carbocycles. The lowest BCUT2D eigenvalue weighted by Gasteiger charge is -2.05. The fourth-order valence-electron chi connectivity index (χ4n) is 1.14. The van der Waals surface area contributed by atoms with Crippen molar-refractivity contribution in [1.82, 2.24) is 0 Å². The molecule has 0 aliphatic heterocycles. The molecule has 6 heteroatoms. The van der Waals surface area contributed by atoms with Crippen LogP contribution < -0.4 is 0 Å². The highest BCUT2D eigenvalue weighted by atomic mass is 32.2. The molecule has 1 N–H and O–H groups in total. The molecule has 1 heterocycles. The van der Waals surface area contributed by atoms with Crippen LogP contribution in [0.3, 0.4) is 0 Å². The van der Waals surface area contributed by atoms with Gasteiger partial charge in [-0.2, -0.15) is 11.8 Å². The van der Waals surface area contributed by atoms with Crippen LogP contribution in [0.5, 0.6) is 0 Å². The Morgan fingerprint density at radius 3 is 2.88 bits per heavy atom. The van der Waals surface area contributed by atoms with Gasteiger partial charge < -0.3 is 14.3 Å². The molecule has 0 fully saturated rings. The van der Waals surface area contributed by atoms with Crippen LogP contribution in [0, 0.1) is 5.92 Å². The Hall–Kier alpha value is -1.43. The average molecular weight is 258 g/mol. The minimum Gasteiger partial charge on any atom is -0.481 e. The second-order valence-electron chi connectivity index (χ2n) is 3.52. The van der Waals surface area contributed by atoms with Crippen molar-refractivity contribution in [3.8, 4) is 0 Å². The molecule has 0 saturated carbocycles. The maximum atomic E-state index is 11.3. The molecule has 94 valence electrons.